The number of nitrogens with zero attached hydrogens (tertiary/aromatic N) is 1. The van der Waals surface area contributed by atoms with E-state index in [0.717, 1.165) is 19.0 Å². The van der Waals surface area contributed by atoms with Crippen molar-refractivity contribution in [3.63, 3.8) is 0 Å². The van der Waals surface area contributed by atoms with Crippen LogP contribution in [0.5, 0.6) is 0 Å². The van der Waals surface area contributed by atoms with Gasteiger partial charge >= 0.3 is 5.69 Å². The molecule has 1 aromatic rings. The molecule has 1 aliphatic carbocycles. The third-order valence-corrected chi connectivity index (χ3v) is 2.85. The van der Waals surface area contributed by atoms with Gasteiger partial charge in [0, 0.05) is 12.6 Å². The fourth-order valence-corrected chi connectivity index (χ4v) is 1.75. The van der Waals surface area contributed by atoms with Gasteiger partial charge in [-0.25, -0.2) is 0 Å². The SMILES string of the molecule is O=[N+]([O-])c1c(F)cccc1NCCCNC1CC1. The Bertz CT molecular complexity index is 435. The third-order valence-electron chi connectivity index (χ3n) is 2.85. The molecular weight excluding hydrogens is 237 g/mol. The molecule has 0 atom stereocenters. The number of nitrogens with one attached hydrogen (secondary N) is 2. The van der Waals surface area contributed by atoms with Gasteiger partial charge in [0.2, 0.25) is 5.82 Å². The van der Waals surface area contributed by atoms with Crippen molar-refractivity contribution in [1.29, 1.82) is 0 Å². The lowest BCUT2D eigenvalue weighted by molar-refractivity contribution is -0.386. The summed E-state index contributed by atoms with van der Waals surface area (Å²) < 4.78 is 13.3. The molecule has 98 valence electrons. The van der Waals surface area contributed by atoms with Crippen molar-refractivity contribution in [3.05, 3.63) is 34.1 Å². The molecular formula is C12H16FN3O2. The van der Waals surface area contributed by atoms with Crippen molar-refractivity contribution in [2.75, 3.05) is 18.4 Å². The fourth-order valence-electron chi connectivity index (χ4n) is 1.75. The molecule has 0 spiro atoms. The molecule has 0 saturated heterocycles. The topological polar surface area (TPSA) is 67.2 Å². The Balaban J connectivity index is 1.83. The first-order valence-corrected chi connectivity index (χ1v) is 6.08. The Morgan fingerprint density at radius 2 is 2.17 bits per heavy atom. The molecule has 6 heteroatoms. The van der Waals surface area contributed by atoms with Crippen LogP contribution in [0, 0.1) is 15.9 Å². The van der Waals surface area contributed by atoms with Crippen molar-refractivity contribution >= 4 is 11.4 Å². The van der Waals surface area contributed by atoms with E-state index in [1.54, 1.807) is 0 Å². The van der Waals surface area contributed by atoms with Crippen molar-refractivity contribution < 1.29 is 9.31 Å². The summed E-state index contributed by atoms with van der Waals surface area (Å²) in [6, 6.07) is 4.74. The molecule has 0 aliphatic heterocycles. The van der Waals surface area contributed by atoms with Gasteiger partial charge in [0.05, 0.1) is 4.92 Å². The van der Waals surface area contributed by atoms with Gasteiger partial charge in [-0.1, -0.05) is 6.07 Å². The first-order chi connectivity index (χ1) is 8.68. The first-order valence-electron chi connectivity index (χ1n) is 6.08. The van der Waals surface area contributed by atoms with Crippen LogP contribution in [0.3, 0.4) is 0 Å². The summed E-state index contributed by atoms with van der Waals surface area (Å²) in [5.74, 6) is -0.805. The highest BCUT2D eigenvalue weighted by Crippen LogP contribution is 2.27. The van der Waals surface area contributed by atoms with E-state index in [-0.39, 0.29) is 5.69 Å². The highest BCUT2D eigenvalue weighted by atomic mass is 19.1. The largest absolute Gasteiger partial charge is 0.379 e. The molecule has 2 rings (SSSR count). The van der Waals surface area contributed by atoms with E-state index in [0.29, 0.717) is 12.6 Å². The monoisotopic (exact) mass is 253 g/mol. The van der Waals surface area contributed by atoms with E-state index in [2.05, 4.69) is 10.6 Å². The van der Waals surface area contributed by atoms with Crippen molar-refractivity contribution in [2.45, 2.75) is 25.3 Å². The second-order valence-electron chi connectivity index (χ2n) is 4.40. The Morgan fingerprint density at radius 1 is 1.39 bits per heavy atom. The molecule has 1 aromatic carbocycles. The predicted molar refractivity (Wildman–Crippen MR) is 67.2 cm³/mol. The van der Waals surface area contributed by atoms with Crippen LogP contribution in [-0.4, -0.2) is 24.1 Å². The van der Waals surface area contributed by atoms with Crippen molar-refractivity contribution in [3.8, 4) is 0 Å². The average molecular weight is 253 g/mol. The fraction of sp³-hybridized carbons (Fsp3) is 0.500. The zero-order chi connectivity index (χ0) is 13.0. The van der Waals surface area contributed by atoms with Gasteiger partial charge in [0.15, 0.2) is 0 Å². The van der Waals surface area contributed by atoms with E-state index in [4.69, 9.17) is 0 Å². The maximum absolute atomic E-state index is 13.3. The number of rotatable bonds is 7. The van der Waals surface area contributed by atoms with Gasteiger partial charge in [-0.15, -0.1) is 0 Å². The van der Waals surface area contributed by atoms with Crippen molar-refractivity contribution in [1.82, 2.24) is 5.32 Å². The zero-order valence-corrected chi connectivity index (χ0v) is 9.99. The minimum atomic E-state index is -0.805. The maximum atomic E-state index is 13.3. The van der Waals surface area contributed by atoms with E-state index < -0.39 is 16.4 Å². The van der Waals surface area contributed by atoms with Gasteiger partial charge in [-0.05, 0) is 37.9 Å². The molecule has 0 aromatic heterocycles. The standard InChI is InChI=1S/C12H16FN3O2/c13-10-3-1-4-11(12(10)16(17)18)15-8-2-7-14-9-5-6-9/h1,3-4,9,14-15H,2,5-8H2. The minimum absolute atomic E-state index is 0.242. The lowest BCUT2D eigenvalue weighted by Gasteiger charge is -2.07. The molecule has 0 radical (unpaired) electrons. The summed E-state index contributed by atoms with van der Waals surface area (Å²) in [4.78, 5) is 10.0. The van der Waals surface area contributed by atoms with Gasteiger partial charge in [-0.2, -0.15) is 4.39 Å². The minimum Gasteiger partial charge on any atom is -0.379 e. The van der Waals surface area contributed by atoms with E-state index in [9.17, 15) is 14.5 Å². The highest BCUT2D eigenvalue weighted by Gasteiger charge is 2.20. The van der Waals surface area contributed by atoms with Gasteiger partial charge < -0.3 is 10.6 Å². The molecule has 0 unspecified atom stereocenters. The number of benzene rings is 1. The number of nitro benzene ring substituents is 1. The smallest absolute Gasteiger partial charge is 0.327 e. The average Bonchev–Trinajstić information content (AvgIpc) is 3.12. The molecule has 1 aliphatic rings. The Kier molecular flexibility index (Phi) is 4.09. The summed E-state index contributed by atoms with van der Waals surface area (Å²) in [5.41, 5.74) is -0.237. The molecule has 1 fully saturated rings. The lowest BCUT2D eigenvalue weighted by Crippen LogP contribution is -2.20. The zero-order valence-electron chi connectivity index (χ0n) is 9.99. The van der Waals surface area contributed by atoms with Crippen LogP contribution in [0.15, 0.2) is 18.2 Å². The molecule has 5 nitrogen and oxygen atoms in total. The molecule has 2 N–H and O–H groups in total. The summed E-state index contributed by atoms with van der Waals surface area (Å²) in [6.07, 6.45) is 3.33. The number of hydrogen-bond donors (Lipinski definition) is 2. The summed E-state index contributed by atoms with van der Waals surface area (Å²) >= 11 is 0. The second kappa shape index (κ2) is 5.77. The van der Waals surface area contributed by atoms with Crippen LogP contribution in [0.1, 0.15) is 19.3 Å². The van der Waals surface area contributed by atoms with Crippen LogP contribution in [0.25, 0.3) is 0 Å². The number of nitro groups is 1. The van der Waals surface area contributed by atoms with Crippen molar-refractivity contribution in [2.24, 2.45) is 0 Å². The summed E-state index contributed by atoms with van der Waals surface area (Å²) in [5, 5.41) is 17.0. The number of hydrogen-bond acceptors (Lipinski definition) is 4. The van der Waals surface area contributed by atoms with Crippen LogP contribution < -0.4 is 10.6 Å². The number of para-hydroxylation sites is 1. The quantitative estimate of drug-likeness (QED) is 0.444. The van der Waals surface area contributed by atoms with Crippen LogP contribution >= 0.6 is 0 Å². The lowest BCUT2D eigenvalue weighted by atomic mass is 10.2. The Morgan fingerprint density at radius 3 is 2.83 bits per heavy atom. The van der Waals surface area contributed by atoms with E-state index in [1.165, 1.54) is 25.0 Å². The van der Waals surface area contributed by atoms with Gasteiger partial charge in [0.25, 0.3) is 0 Å². The molecule has 1 saturated carbocycles. The number of anilines is 1. The predicted octanol–water partition coefficient (Wildman–Crippen LogP) is 2.29. The molecule has 0 heterocycles. The maximum Gasteiger partial charge on any atom is 0.327 e. The summed E-state index contributed by atoms with van der Waals surface area (Å²) in [7, 11) is 0. The van der Waals surface area contributed by atoms with Crippen LogP contribution in [0.4, 0.5) is 15.8 Å². The third kappa shape index (κ3) is 3.40. The van der Waals surface area contributed by atoms with Gasteiger partial charge in [-0.3, -0.25) is 10.1 Å². The second-order valence-corrected chi connectivity index (χ2v) is 4.40. The van der Waals surface area contributed by atoms with Crippen LogP contribution in [0.2, 0.25) is 0 Å². The number of halogens is 1. The molecule has 18 heavy (non-hydrogen) atoms. The van der Waals surface area contributed by atoms with E-state index in [1.807, 2.05) is 0 Å². The highest BCUT2D eigenvalue weighted by molar-refractivity contribution is 5.61. The Hall–Kier alpha value is -1.69. The van der Waals surface area contributed by atoms with Crippen LogP contribution in [-0.2, 0) is 0 Å². The van der Waals surface area contributed by atoms with E-state index >= 15 is 0 Å². The molecule has 0 amide bonds. The molecule has 0 bridgehead atoms. The first kappa shape index (κ1) is 12.8. The normalized spacial score (nSPS) is 14.5. The Labute approximate surface area is 105 Å². The van der Waals surface area contributed by atoms with Gasteiger partial charge in [0.1, 0.15) is 5.69 Å². The summed E-state index contributed by atoms with van der Waals surface area (Å²) in [6.45, 7) is 1.46.